The molecular formula is C10H11NO. The summed E-state index contributed by atoms with van der Waals surface area (Å²) in [4.78, 5) is 11.5. The van der Waals surface area contributed by atoms with Gasteiger partial charge in [-0.1, -0.05) is 18.2 Å². The Hall–Kier alpha value is -1.05. The number of carbonyl (C=O) groups is 1. The van der Waals surface area contributed by atoms with Crippen LogP contribution in [0.3, 0.4) is 0 Å². The van der Waals surface area contributed by atoms with Gasteiger partial charge in [-0.15, -0.1) is 0 Å². The van der Waals surface area contributed by atoms with Crippen molar-refractivity contribution in [2.75, 3.05) is 0 Å². The van der Waals surface area contributed by atoms with E-state index < -0.39 is 0 Å². The molecule has 4 atom stereocenters. The lowest BCUT2D eigenvalue weighted by Crippen LogP contribution is -2.22. The molecule has 2 heteroatoms. The minimum atomic E-state index is 0.192. The van der Waals surface area contributed by atoms with E-state index in [0.717, 1.165) is 0 Å². The number of ketones is 1. The van der Waals surface area contributed by atoms with Gasteiger partial charge in [0.05, 0.1) is 5.70 Å². The van der Waals surface area contributed by atoms with Crippen LogP contribution >= 0.6 is 0 Å². The molecule has 3 rings (SSSR count). The van der Waals surface area contributed by atoms with E-state index in [-0.39, 0.29) is 11.7 Å². The number of fused-ring (bicyclic) bond motifs is 5. The quantitative estimate of drug-likeness (QED) is 0.535. The molecule has 0 aliphatic heterocycles. The molecule has 2 N–H and O–H groups in total. The summed E-state index contributed by atoms with van der Waals surface area (Å²) in [7, 11) is 0. The summed E-state index contributed by atoms with van der Waals surface area (Å²) in [5, 5.41) is 0. The average molecular weight is 161 g/mol. The second-order valence-corrected chi connectivity index (χ2v) is 4.04. The van der Waals surface area contributed by atoms with Gasteiger partial charge in [0.15, 0.2) is 5.78 Å². The van der Waals surface area contributed by atoms with Gasteiger partial charge in [-0.3, -0.25) is 4.79 Å². The summed E-state index contributed by atoms with van der Waals surface area (Å²) >= 11 is 0. The Bertz CT molecular complexity index is 316. The zero-order valence-corrected chi connectivity index (χ0v) is 6.73. The number of Topliss-reactive ketones (excluding diaryl/α,β-unsaturated/α-hetero) is 1. The van der Waals surface area contributed by atoms with E-state index in [1.54, 1.807) is 0 Å². The molecule has 0 saturated heterocycles. The van der Waals surface area contributed by atoms with Gasteiger partial charge in [-0.25, -0.2) is 0 Å². The highest BCUT2D eigenvalue weighted by Gasteiger charge is 2.50. The molecule has 1 fully saturated rings. The molecule has 4 unspecified atom stereocenters. The maximum absolute atomic E-state index is 11.5. The zero-order chi connectivity index (χ0) is 8.29. The smallest absolute Gasteiger partial charge is 0.182 e. The molecule has 12 heavy (non-hydrogen) atoms. The molecule has 1 saturated carbocycles. The van der Waals surface area contributed by atoms with Crippen LogP contribution in [-0.4, -0.2) is 5.78 Å². The number of allylic oxidation sites excluding steroid dienone is 4. The van der Waals surface area contributed by atoms with Gasteiger partial charge < -0.3 is 5.73 Å². The first-order chi connectivity index (χ1) is 5.77. The second kappa shape index (κ2) is 1.82. The molecule has 0 aromatic heterocycles. The van der Waals surface area contributed by atoms with Gasteiger partial charge in [-0.05, 0) is 24.2 Å². The van der Waals surface area contributed by atoms with E-state index in [1.807, 2.05) is 6.08 Å². The van der Waals surface area contributed by atoms with E-state index in [1.165, 1.54) is 6.42 Å². The number of hydrogen-bond donors (Lipinski definition) is 1. The number of carbonyl (C=O) groups excluding carboxylic acids is 1. The predicted octanol–water partition coefficient (Wildman–Crippen LogP) is 0.850. The highest BCUT2D eigenvalue weighted by atomic mass is 16.1. The Labute approximate surface area is 71.1 Å². The van der Waals surface area contributed by atoms with Gasteiger partial charge >= 0.3 is 0 Å². The molecule has 0 aromatic rings. The monoisotopic (exact) mass is 161 g/mol. The van der Waals surface area contributed by atoms with Crippen LogP contribution in [0.2, 0.25) is 0 Å². The van der Waals surface area contributed by atoms with E-state index in [2.05, 4.69) is 12.2 Å². The van der Waals surface area contributed by atoms with Crippen LogP contribution in [0.5, 0.6) is 0 Å². The Morgan fingerprint density at radius 2 is 2.08 bits per heavy atom. The third-order valence-electron chi connectivity index (χ3n) is 3.48. The first-order valence-corrected chi connectivity index (χ1v) is 4.47. The van der Waals surface area contributed by atoms with Crippen LogP contribution in [0.25, 0.3) is 0 Å². The molecule has 0 heterocycles. The van der Waals surface area contributed by atoms with Crippen LogP contribution in [-0.2, 0) is 4.79 Å². The Balaban J connectivity index is 2.07. The highest BCUT2D eigenvalue weighted by molar-refractivity contribution is 6.00. The van der Waals surface area contributed by atoms with Crippen LogP contribution in [0.4, 0.5) is 0 Å². The summed E-state index contributed by atoms with van der Waals surface area (Å²) in [6, 6.07) is 0. The van der Waals surface area contributed by atoms with Crippen molar-refractivity contribution in [1.29, 1.82) is 0 Å². The molecular weight excluding hydrogens is 150 g/mol. The zero-order valence-electron chi connectivity index (χ0n) is 6.73. The fourth-order valence-electron chi connectivity index (χ4n) is 2.94. The van der Waals surface area contributed by atoms with Crippen molar-refractivity contribution >= 4 is 5.78 Å². The lowest BCUT2D eigenvalue weighted by molar-refractivity contribution is -0.119. The lowest BCUT2D eigenvalue weighted by Gasteiger charge is -2.17. The molecule has 2 bridgehead atoms. The maximum Gasteiger partial charge on any atom is 0.182 e. The van der Waals surface area contributed by atoms with Crippen molar-refractivity contribution in [1.82, 2.24) is 0 Å². The fraction of sp³-hybridized carbons (Fsp3) is 0.500. The summed E-state index contributed by atoms with van der Waals surface area (Å²) < 4.78 is 0. The van der Waals surface area contributed by atoms with Crippen molar-refractivity contribution < 1.29 is 4.79 Å². The van der Waals surface area contributed by atoms with E-state index in [4.69, 9.17) is 5.73 Å². The topological polar surface area (TPSA) is 43.1 Å². The van der Waals surface area contributed by atoms with E-state index >= 15 is 0 Å². The summed E-state index contributed by atoms with van der Waals surface area (Å²) in [6.07, 6.45) is 7.58. The number of nitrogens with two attached hydrogens (primary N) is 1. The Morgan fingerprint density at radius 1 is 1.33 bits per heavy atom. The molecule has 3 aliphatic rings. The third-order valence-corrected chi connectivity index (χ3v) is 3.48. The SMILES string of the molecule is NC1=CC2C3C=CC(C3)C2C1=O. The maximum atomic E-state index is 11.5. The first kappa shape index (κ1) is 6.46. The average Bonchev–Trinajstić information content (AvgIpc) is 2.66. The minimum Gasteiger partial charge on any atom is -0.396 e. The molecule has 3 aliphatic carbocycles. The summed E-state index contributed by atoms with van der Waals surface area (Å²) in [5.41, 5.74) is 6.11. The van der Waals surface area contributed by atoms with Crippen molar-refractivity contribution in [2.24, 2.45) is 29.4 Å². The van der Waals surface area contributed by atoms with Crippen LogP contribution in [0, 0.1) is 23.7 Å². The highest BCUT2D eigenvalue weighted by Crippen LogP contribution is 2.52. The van der Waals surface area contributed by atoms with E-state index in [9.17, 15) is 4.79 Å². The van der Waals surface area contributed by atoms with Gasteiger partial charge in [-0.2, -0.15) is 0 Å². The summed E-state index contributed by atoms with van der Waals surface area (Å²) in [5.74, 6) is 1.93. The Kier molecular flexibility index (Phi) is 0.978. The number of rotatable bonds is 0. The van der Waals surface area contributed by atoms with Crippen molar-refractivity contribution in [3.8, 4) is 0 Å². The minimum absolute atomic E-state index is 0.192. The van der Waals surface area contributed by atoms with Crippen molar-refractivity contribution in [3.05, 3.63) is 23.9 Å². The molecule has 0 radical (unpaired) electrons. The first-order valence-electron chi connectivity index (χ1n) is 4.47. The van der Waals surface area contributed by atoms with E-state index in [0.29, 0.717) is 23.5 Å². The standard InChI is InChI=1S/C10H11NO/c11-8-4-7-5-1-2-6(3-5)9(7)10(8)12/h1-2,4-7,9H,3,11H2. The molecule has 0 amide bonds. The largest absolute Gasteiger partial charge is 0.396 e. The van der Waals surface area contributed by atoms with Crippen molar-refractivity contribution in [3.63, 3.8) is 0 Å². The van der Waals surface area contributed by atoms with Crippen LogP contribution in [0.1, 0.15) is 6.42 Å². The molecule has 0 spiro atoms. The normalized spacial score (nSPS) is 48.3. The van der Waals surface area contributed by atoms with Crippen LogP contribution < -0.4 is 5.73 Å². The molecule has 62 valence electrons. The van der Waals surface area contributed by atoms with Gasteiger partial charge in [0.2, 0.25) is 0 Å². The predicted molar refractivity (Wildman–Crippen MR) is 45.0 cm³/mol. The van der Waals surface area contributed by atoms with Gasteiger partial charge in [0, 0.05) is 5.92 Å². The van der Waals surface area contributed by atoms with Crippen molar-refractivity contribution in [2.45, 2.75) is 6.42 Å². The fourth-order valence-corrected chi connectivity index (χ4v) is 2.94. The Morgan fingerprint density at radius 3 is 2.83 bits per heavy atom. The number of hydrogen-bond acceptors (Lipinski definition) is 2. The lowest BCUT2D eigenvalue weighted by atomic mass is 9.85. The van der Waals surface area contributed by atoms with Crippen LogP contribution in [0.15, 0.2) is 23.9 Å². The molecule has 2 nitrogen and oxygen atoms in total. The van der Waals surface area contributed by atoms with Gasteiger partial charge in [0.1, 0.15) is 0 Å². The third kappa shape index (κ3) is 0.554. The molecule has 0 aromatic carbocycles. The summed E-state index contributed by atoms with van der Waals surface area (Å²) in [6.45, 7) is 0. The second-order valence-electron chi connectivity index (χ2n) is 4.04. The van der Waals surface area contributed by atoms with Gasteiger partial charge in [0.25, 0.3) is 0 Å².